The summed E-state index contributed by atoms with van der Waals surface area (Å²) in [4.78, 5) is 12.4. The van der Waals surface area contributed by atoms with Gasteiger partial charge in [-0.1, -0.05) is 94.5 Å². The third-order valence-electron chi connectivity index (χ3n) is 6.78. The van der Waals surface area contributed by atoms with Crippen LogP contribution in [0.5, 0.6) is 0 Å². The second kappa shape index (κ2) is 14.7. The maximum absolute atomic E-state index is 12.9. The first kappa shape index (κ1) is 29.4. The molecule has 0 aliphatic carbocycles. The first-order chi connectivity index (χ1) is 18.3. The van der Waals surface area contributed by atoms with E-state index in [0.717, 1.165) is 47.2 Å². The maximum atomic E-state index is 12.9. The Hall–Kier alpha value is -3.12. The molecule has 0 aromatic heterocycles. The fourth-order valence-corrected chi connectivity index (χ4v) is 4.55. The molecule has 0 heterocycles. The van der Waals surface area contributed by atoms with Crippen molar-refractivity contribution in [2.24, 2.45) is 0 Å². The molecule has 0 radical (unpaired) electrons. The van der Waals surface area contributed by atoms with Gasteiger partial charge >= 0.3 is 6.18 Å². The van der Waals surface area contributed by atoms with E-state index < -0.39 is 11.7 Å². The van der Waals surface area contributed by atoms with Gasteiger partial charge < -0.3 is 10.6 Å². The number of halogens is 3. The van der Waals surface area contributed by atoms with E-state index in [2.05, 4.69) is 17.6 Å². The van der Waals surface area contributed by atoms with Crippen LogP contribution in [0.4, 0.5) is 13.2 Å². The zero-order valence-corrected chi connectivity index (χ0v) is 22.4. The van der Waals surface area contributed by atoms with Crippen molar-refractivity contribution in [3.63, 3.8) is 0 Å². The van der Waals surface area contributed by atoms with Gasteiger partial charge in [-0.2, -0.15) is 13.2 Å². The van der Waals surface area contributed by atoms with Crippen LogP contribution >= 0.6 is 0 Å². The van der Waals surface area contributed by atoms with Crippen molar-refractivity contribution in [1.29, 1.82) is 0 Å². The lowest BCUT2D eigenvalue weighted by atomic mass is 9.96. The van der Waals surface area contributed by atoms with Crippen molar-refractivity contribution in [2.45, 2.75) is 71.0 Å². The summed E-state index contributed by atoms with van der Waals surface area (Å²) in [5.74, 6) is -0.0433. The number of hydrogen-bond acceptors (Lipinski definition) is 2. The highest BCUT2D eigenvalue weighted by Crippen LogP contribution is 2.30. The molecular weight excluding hydrogens is 485 g/mol. The van der Waals surface area contributed by atoms with E-state index in [1.807, 2.05) is 55.5 Å². The van der Waals surface area contributed by atoms with Gasteiger partial charge in [-0.25, -0.2) is 0 Å². The molecule has 0 aliphatic heterocycles. The lowest BCUT2D eigenvalue weighted by Crippen LogP contribution is -2.24. The molecule has 0 spiro atoms. The van der Waals surface area contributed by atoms with Crippen molar-refractivity contribution in [2.75, 3.05) is 13.1 Å². The van der Waals surface area contributed by atoms with Gasteiger partial charge in [-0.05, 0) is 65.9 Å². The Morgan fingerprint density at radius 2 is 1.34 bits per heavy atom. The molecule has 3 aromatic rings. The van der Waals surface area contributed by atoms with E-state index in [1.165, 1.54) is 25.7 Å². The first-order valence-electron chi connectivity index (χ1n) is 13.7. The number of unbranched alkanes of at least 4 members (excludes halogenated alkanes) is 5. The second-order valence-electron chi connectivity index (χ2n) is 9.73. The van der Waals surface area contributed by atoms with Gasteiger partial charge in [0.15, 0.2) is 0 Å². The summed E-state index contributed by atoms with van der Waals surface area (Å²) in [6.07, 6.45) is 3.49. The average molecular weight is 525 g/mol. The number of amides is 1. The van der Waals surface area contributed by atoms with E-state index in [4.69, 9.17) is 0 Å². The van der Waals surface area contributed by atoms with Gasteiger partial charge in [-0.3, -0.25) is 4.79 Å². The molecule has 204 valence electrons. The zero-order valence-electron chi connectivity index (χ0n) is 22.4. The van der Waals surface area contributed by atoms with Crippen LogP contribution in [0, 0.1) is 0 Å². The zero-order chi connectivity index (χ0) is 27.4. The summed E-state index contributed by atoms with van der Waals surface area (Å²) in [6, 6.07) is 21.1. The highest BCUT2D eigenvalue weighted by molar-refractivity contribution is 5.94. The van der Waals surface area contributed by atoms with Crippen LogP contribution in [0.1, 0.15) is 85.5 Å². The molecule has 3 rings (SSSR count). The number of carbonyl (C=O) groups is 1. The van der Waals surface area contributed by atoms with Gasteiger partial charge in [0.2, 0.25) is 0 Å². The largest absolute Gasteiger partial charge is 0.416 e. The fourth-order valence-electron chi connectivity index (χ4n) is 4.55. The van der Waals surface area contributed by atoms with Crippen molar-refractivity contribution in [3.05, 3.63) is 95.1 Å². The number of rotatable bonds is 14. The SMILES string of the molecule is CCCCCCCCNC(=O)c1ccc(-c2ccc(CC(NCC)c3ccc(C(F)(F)F)cc3)cc2)cc1. The van der Waals surface area contributed by atoms with Crippen molar-refractivity contribution in [1.82, 2.24) is 10.6 Å². The Labute approximate surface area is 224 Å². The van der Waals surface area contributed by atoms with Crippen LogP contribution in [0.25, 0.3) is 11.1 Å². The van der Waals surface area contributed by atoms with Crippen LogP contribution in [0.2, 0.25) is 0 Å². The molecule has 0 fully saturated rings. The number of alkyl halides is 3. The number of benzene rings is 3. The van der Waals surface area contributed by atoms with Crippen LogP contribution in [-0.4, -0.2) is 19.0 Å². The number of carbonyl (C=O) groups excluding carboxylic acids is 1. The molecule has 1 unspecified atom stereocenters. The van der Waals surface area contributed by atoms with Gasteiger partial charge in [0, 0.05) is 18.2 Å². The summed E-state index contributed by atoms with van der Waals surface area (Å²) in [5.41, 5.74) is 4.00. The predicted molar refractivity (Wildman–Crippen MR) is 149 cm³/mol. The maximum Gasteiger partial charge on any atom is 0.416 e. The molecular formula is C32H39F3N2O. The highest BCUT2D eigenvalue weighted by atomic mass is 19.4. The first-order valence-corrected chi connectivity index (χ1v) is 13.7. The summed E-state index contributed by atoms with van der Waals surface area (Å²) in [6.45, 7) is 5.60. The van der Waals surface area contributed by atoms with Crippen LogP contribution in [0.3, 0.4) is 0 Å². The van der Waals surface area contributed by atoms with Gasteiger partial charge in [0.25, 0.3) is 5.91 Å². The molecule has 0 bridgehead atoms. The van der Waals surface area contributed by atoms with Gasteiger partial charge in [-0.15, -0.1) is 0 Å². The Morgan fingerprint density at radius 3 is 1.92 bits per heavy atom. The van der Waals surface area contributed by atoms with Crippen molar-refractivity contribution in [3.8, 4) is 11.1 Å². The minimum Gasteiger partial charge on any atom is -0.352 e. The normalized spacial score (nSPS) is 12.3. The molecule has 3 nitrogen and oxygen atoms in total. The quantitative estimate of drug-likeness (QED) is 0.208. The van der Waals surface area contributed by atoms with E-state index in [0.29, 0.717) is 25.1 Å². The van der Waals surface area contributed by atoms with Crippen LogP contribution < -0.4 is 10.6 Å². The molecule has 6 heteroatoms. The van der Waals surface area contributed by atoms with Crippen molar-refractivity contribution < 1.29 is 18.0 Å². The molecule has 2 N–H and O–H groups in total. The molecule has 1 amide bonds. The van der Waals surface area contributed by atoms with E-state index in [-0.39, 0.29) is 11.9 Å². The molecule has 0 saturated heterocycles. The molecule has 0 aliphatic rings. The topological polar surface area (TPSA) is 41.1 Å². The Balaban J connectivity index is 1.55. The Bertz CT molecular complexity index is 1110. The van der Waals surface area contributed by atoms with Crippen molar-refractivity contribution >= 4 is 5.91 Å². The fraction of sp³-hybridized carbons (Fsp3) is 0.406. The van der Waals surface area contributed by atoms with E-state index >= 15 is 0 Å². The number of likely N-dealkylation sites (N-methyl/N-ethyl adjacent to an activating group) is 1. The molecule has 38 heavy (non-hydrogen) atoms. The Morgan fingerprint density at radius 1 is 0.763 bits per heavy atom. The Kier molecular flexibility index (Phi) is 11.4. The monoisotopic (exact) mass is 524 g/mol. The minimum absolute atomic E-state index is 0.0433. The van der Waals surface area contributed by atoms with Gasteiger partial charge in [0.1, 0.15) is 0 Å². The second-order valence-corrected chi connectivity index (χ2v) is 9.73. The van der Waals surface area contributed by atoms with E-state index in [9.17, 15) is 18.0 Å². The van der Waals surface area contributed by atoms with E-state index in [1.54, 1.807) is 12.1 Å². The average Bonchev–Trinajstić information content (AvgIpc) is 2.92. The van der Waals surface area contributed by atoms with Crippen LogP contribution in [0.15, 0.2) is 72.8 Å². The van der Waals surface area contributed by atoms with Gasteiger partial charge in [0.05, 0.1) is 5.56 Å². The van der Waals surface area contributed by atoms with Crippen LogP contribution in [-0.2, 0) is 12.6 Å². The number of hydrogen-bond donors (Lipinski definition) is 2. The summed E-state index contributed by atoms with van der Waals surface area (Å²) in [7, 11) is 0. The highest BCUT2D eigenvalue weighted by Gasteiger charge is 2.30. The lowest BCUT2D eigenvalue weighted by Gasteiger charge is -2.19. The summed E-state index contributed by atoms with van der Waals surface area (Å²) < 4.78 is 38.8. The predicted octanol–water partition coefficient (Wildman–Crippen LogP) is 8.36. The molecule has 0 saturated carbocycles. The smallest absolute Gasteiger partial charge is 0.352 e. The summed E-state index contributed by atoms with van der Waals surface area (Å²) in [5, 5.41) is 6.39. The third-order valence-corrected chi connectivity index (χ3v) is 6.78. The standard InChI is InChI=1S/C32H39F3N2O/c1-3-5-6-7-8-9-22-37-31(38)28-16-14-26(15-17-28)25-12-10-24(11-13-25)23-30(36-4-2)27-18-20-29(21-19-27)32(33,34)35/h10-21,30,36H,3-9,22-23H2,1-2H3,(H,37,38). The molecule has 1 atom stereocenters. The summed E-state index contributed by atoms with van der Waals surface area (Å²) >= 11 is 0. The lowest BCUT2D eigenvalue weighted by molar-refractivity contribution is -0.137. The third kappa shape index (κ3) is 9.02. The number of nitrogens with one attached hydrogen (secondary N) is 2. The minimum atomic E-state index is -4.34. The molecule has 3 aromatic carbocycles.